The lowest BCUT2D eigenvalue weighted by Gasteiger charge is -2.17. The molecule has 0 aliphatic carbocycles. The van der Waals surface area contributed by atoms with Crippen LogP contribution in [0.5, 0.6) is 0 Å². The van der Waals surface area contributed by atoms with Crippen LogP contribution in [0.25, 0.3) is 0 Å². The van der Waals surface area contributed by atoms with Crippen LogP contribution in [0.15, 0.2) is 18.2 Å². The maximum absolute atomic E-state index is 5.50. The molecule has 1 rings (SSSR count). The van der Waals surface area contributed by atoms with Crippen molar-refractivity contribution < 1.29 is 4.74 Å². The van der Waals surface area contributed by atoms with Crippen LogP contribution < -0.4 is 0 Å². The summed E-state index contributed by atoms with van der Waals surface area (Å²) < 4.78 is 5.50. The van der Waals surface area contributed by atoms with Gasteiger partial charge in [0.2, 0.25) is 0 Å². The number of aryl methyl sites for hydroxylation is 2. The van der Waals surface area contributed by atoms with E-state index in [0.717, 1.165) is 12.8 Å². The second-order valence-corrected chi connectivity index (χ2v) is 3.87. The number of hydrogen-bond acceptors (Lipinski definition) is 1. The molecule has 1 nitrogen and oxygen atoms in total. The lowest BCUT2D eigenvalue weighted by atomic mass is 9.98. The Labute approximate surface area is 87.1 Å². The van der Waals surface area contributed by atoms with E-state index in [4.69, 9.17) is 4.74 Å². The van der Waals surface area contributed by atoms with Crippen molar-refractivity contribution in [2.75, 3.05) is 7.11 Å². The van der Waals surface area contributed by atoms with E-state index in [0.29, 0.717) is 0 Å². The molecule has 0 spiro atoms. The van der Waals surface area contributed by atoms with Crippen LogP contribution >= 0.6 is 0 Å². The van der Waals surface area contributed by atoms with Crippen LogP contribution in [0.3, 0.4) is 0 Å². The molecular formula is C13H20O. The summed E-state index contributed by atoms with van der Waals surface area (Å²) in [6, 6.07) is 6.56. The normalized spacial score (nSPS) is 12.9. The third kappa shape index (κ3) is 2.58. The highest BCUT2D eigenvalue weighted by Crippen LogP contribution is 2.25. The van der Waals surface area contributed by atoms with Gasteiger partial charge in [-0.1, -0.05) is 37.1 Å². The number of ether oxygens (including phenoxy) is 1. The van der Waals surface area contributed by atoms with E-state index in [1.165, 1.54) is 16.7 Å². The van der Waals surface area contributed by atoms with Gasteiger partial charge in [-0.15, -0.1) is 0 Å². The summed E-state index contributed by atoms with van der Waals surface area (Å²) in [5.74, 6) is 0. The third-order valence-electron chi connectivity index (χ3n) is 2.61. The van der Waals surface area contributed by atoms with Crippen LogP contribution in [-0.2, 0) is 4.74 Å². The molecular weight excluding hydrogens is 172 g/mol. The van der Waals surface area contributed by atoms with Crippen molar-refractivity contribution in [2.24, 2.45) is 0 Å². The molecule has 0 N–H and O–H groups in total. The zero-order chi connectivity index (χ0) is 10.6. The predicted octanol–water partition coefficient (Wildman–Crippen LogP) is 3.79. The van der Waals surface area contributed by atoms with E-state index in [1.54, 1.807) is 7.11 Å². The van der Waals surface area contributed by atoms with Crippen LogP contribution in [-0.4, -0.2) is 7.11 Å². The van der Waals surface area contributed by atoms with E-state index in [-0.39, 0.29) is 6.10 Å². The lowest BCUT2D eigenvalue weighted by molar-refractivity contribution is 0.0945. The summed E-state index contributed by atoms with van der Waals surface area (Å²) in [6.07, 6.45) is 2.52. The Morgan fingerprint density at radius 1 is 1.29 bits per heavy atom. The van der Waals surface area contributed by atoms with E-state index < -0.39 is 0 Å². The fourth-order valence-electron chi connectivity index (χ4n) is 1.85. The largest absolute Gasteiger partial charge is 0.377 e. The van der Waals surface area contributed by atoms with Gasteiger partial charge in [-0.25, -0.2) is 0 Å². The summed E-state index contributed by atoms with van der Waals surface area (Å²) in [5.41, 5.74) is 3.99. The van der Waals surface area contributed by atoms with E-state index >= 15 is 0 Å². The first-order valence-electron chi connectivity index (χ1n) is 5.29. The molecule has 0 fully saturated rings. The Balaban J connectivity index is 2.92. The molecule has 0 bridgehead atoms. The van der Waals surface area contributed by atoms with E-state index in [2.05, 4.69) is 39.0 Å². The standard InChI is InChI=1S/C13H20O/c1-5-6-13(14-4)12-8-7-10(2)9-11(12)3/h7-9,13H,5-6H2,1-4H3. The van der Waals surface area contributed by atoms with Gasteiger partial charge >= 0.3 is 0 Å². The Bertz CT molecular complexity index is 291. The van der Waals surface area contributed by atoms with Gasteiger partial charge in [0.25, 0.3) is 0 Å². The average Bonchev–Trinajstić information content (AvgIpc) is 2.15. The fourth-order valence-corrected chi connectivity index (χ4v) is 1.85. The summed E-state index contributed by atoms with van der Waals surface area (Å²) in [7, 11) is 1.79. The molecule has 0 aliphatic rings. The van der Waals surface area contributed by atoms with Crippen LogP contribution in [0, 0.1) is 13.8 Å². The first kappa shape index (κ1) is 11.3. The van der Waals surface area contributed by atoms with Gasteiger partial charge in [0, 0.05) is 7.11 Å². The Hall–Kier alpha value is -0.820. The minimum Gasteiger partial charge on any atom is -0.377 e. The Morgan fingerprint density at radius 3 is 2.50 bits per heavy atom. The van der Waals surface area contributed by atoms with Crippen LogP contribution in [0.2, 0.25) is 0 Å². The fraction of sp³-hybridized carbons (Fsp3) is 0.538. The quantitative estimate of drug-likeness (QED) is 0.705. The van der Waals surface area contributed by atoms with Gasteiger partial charge in [-0.2, -0.15) is 0 Å². The Morgan fingerprint density at radius 2 is 2.00 bits per heavy atom. The molecule has 0 radical (unpaired) electrons. The number of hydrogen-bond donors (Lipinski definition) is 0. The average molecular weight is 192 g/mol. The maximum Gasteiger partial charge on any atom is 0.0823 e. The molecule has 0 heterocycles. The number of rotatable bonds is 4. The highest BCUT2D eigenvalue weighted by Gasteiger charge is 2.11. The lowest BCUT2D eigenvalue weighted by Crippen LogP contribution is -2.03. The van der Waals surface area contributed by atoms with Crippen molar-refractivity contribution in [3.05, 3.63) is 34.9 Å². The first-order chi connectivity index (χ1) is 6.69. The maximum atomic E-state index is 5.50. The monoisotopic (exact) mass is 192 g/mol. The molecule has 1 unspecified atom stereocenters. The van der Waals surface area contributed by atoms with Crippen molar-refractivity contribution in [3.63, 3.8) is 0 Å². The SMILES string of the molecule is CCCC(OC)c1ccc(C)cc1C. The van der Waals surface area contributed by atoms with Gasteiger partial charge in [-0.05, 0) is 31.4 Å². The summed E-state index contributed by atoms with van der Waals surface area (Å²) in [5, 5.41) is 0. The predicted molar refractivity (Wildman–Crippen MR) is 60.6 cm³/mol. The molecule has 1 aromatic carbocycles. The zero-order valence-electron chi connectivity index (χ0n) is 9.63. The second-order valence-electron chi connectivity index (χ2n) is 3.87. The minimum atomic E-state index is 0.264. The second kappa shape index (κ2) is 5.16. The van der Waals surface area contributed by atoms with Gasteiger partial charge in [0.15, 0.2) is 0 Å². The van der Waals surface area contributed by atoms with Crippen molar-refractivity contribution in [1.82, 2.24) is 0 Å². The molecule has 14 heavy (non-hydrogen) atoms. The summed E-state index contributed by atoms with van der Waals surface area (Å²) in [6.45, 7) is 6.47. The third-order valence-corrected chi connectivity index (χ3v) is 2.61. The zero-order valence-corrected chi connectivity index (χ0v) is 9.63. The topological polar surface area (TPSA) is 9.23 Å². The first-order valence-corrected chi connectivity index (χ1v) is 5.29. The highest BCUT2D eigenvalue weighted by molar-refractivity contribution is 5.32. The van der Waals surface area contributed by atoms with Gasteiger partial charge in [0.05, 0.1) is 6.10 Å². The van der Waals surface area contributed by atoms with Gasteiger partial charge in [-0.3, -0.25) is 0 Å². The molecule has 0 amide bonds. The van der Waals surface area contributed by atoms with Crippen molar-refractivity contribution in [2.45, 2.75) is 39.7 Å². The Kier molecular flexibility index (Phi) is 4.15. The van der Waals surface area contributed by atoms with E-state index in [9.17, 15) is 0 Å². The molecule has 0 saturated heterocycles. The molecule has 0 saturated carbocycles. The summed E-state index contributed by atoms with van der Waals surface area (Å²) >= 11 is 0. The smallest absolute Gasteiger partial charge is 0.0823 e. The van der Waals surface area contributed by atoms with Crippen molar-refractivity contribution >= 4 is 0 Å². The molecule has 0 aromatic heterocycles. The number of methoxy groups -OCH3 is 1. The molecule has 1 aromatic rings. The van der Waals surface area contributed by atoms with Gasteiger partial charge in [0.1, 0.15) is 0 Å². The molecule has 0 aliphatic heterocycles. The molecule has 1 atom stereocenters. The highest BCUT2D eigenvalue weighted by atomic mass is 16.5. The van der Waals surface area contributed by atoms with Crippen LogP contribution in [0.4, 0.5) is 0 Å². The van der Waals surface area contributed by atoms with Crippen molar-refractivity contribution in [3.8, 4) is 0 Å². The van der Waals surface area contributed by atoms with E-state index in [1.807, 2.05) is 0 Å². The number of benzene rings is 1. The van der Waals surface area contributed by atoms with Crippen LogP contribution in [0.1, 0.15) is 42.6 Å². The summed E-state index contributed by atoms with van der Waals surface area (Å²) in [4.78, 5) is 0. The van der Waals surface area contributed by atoms with Gasteiger partial charge < -0.3 is 4.74 Å². The molecule has 78 valence electrons. The molecule has 1 heteroatoms. The minimum absolute atomic E-state index is 0.264. The van der Waals surface area contributed by atoms with Crippen molar-refractivity contribution in [1.29, 1.82) is 0 Å².